The summed E-state index contributed by atoms with van der Waals surface area (Å²) in [5.74, 6) is 0.120. The number of rotatable bonds is 7. The van der Waals surface area contributed by atoms with Gasteiger partial charge in [0.2, 0.25) is 11.9 Å². The number of esters is 1. The summed E-state index contributed by atoms with van der Waals surface area (Å²) in [6, 6.07) is 12.3. The van der Waals surface area contributed by atoms with Crippen LogP contribution in [0.3, 0.4) is 0 Å². The molecule has 2 heterocycles. The van der Waals surface area contributed by atoms with Crippen LogP contribution in [0.5, 0.6) is 17.2 Å². The van der Waals surface area contributed by atoms with Crippen LogP contribution in [0.2, 0.25) is 0 Å². The lowest BCUT2D eigenvalue weighted by Crippen LogP contribution is -2.57. The van der Waals surface area contributed by atoms with Gasteiger partial charge in [0.1, 0.15) is 23.3 Å². The van der Waals surface area contributed by atoms with Gasteiger partial charge in [-0.2, -0.15) is 0 Å². The third-order valence-electron chi connectivity index (χ3n) is 6.40. The molecule has 1 N–H and O–H groups in total. The Morgan fingerprint density at radius 1 is 0.972 bits per heavy atom. The van der Waals surface area contributed by atoms with Crippen LogP contribution < -0.4 is 24.4 Å². The van der Waals surface area contributed by atoms with E-state index in [1.165, 1.54) is 7.11 Å². The number of aliphatic imine (C=N–C) groups is 1. The fourth-order valence-electron chi connectivity index (χ4n) is 4.56. The van der Waals surface area contributed by atoms with Crippen molar-refractivity contribution in [3.05, 3.63) is 48.0 Å². The molecule has 0 bridgehead atoms. The maximum atomic E-state index is 13.2. The summed E-state index contributed by atoms with van der Waals surface area (Å²) in [5, 5.41) is 2.84. The van der Waals surface area contributed by atoms with E-state index in [2.05, 4.69) is 10.2 Å². The molecule has 10 heteroatoms. The highest BCUT2D eigenvalue weighted by Crippen LogP contribution is 2.38. The lowest BCUT2D eigenvalue weighted by molar-refractivity contribution is -0.153. The number of hydrogen-bond donors (Lipinski definition) is 1. The molecule has 1 saturated heterocycles. The van der Waals surface area contributed by atoms with Crippen LogP contribution in [0.15, 0.2) is 47.5 Å². The first-order valence-corrected chi connectivity index (χ1v) is 11.9. The summed E-state index contributed by atoms with van der Waals surface area (Å²) in [4.78, 5) is 35.2. The highest BCUT2D eigenvalue weighted by atomic mass is 16.5. The first-order valence-electron chi connectivity index (χ1n) is 11.9. The Morgan fingerprint density at radius 3 is 2.33 bits per heavy atom. The van der Waals surface area contributed by atoms with Crippen LogP contribution in [-0.4, -0.2) is 76.9 Å². The molecule has 4 rings (SSSR count). The van der Waals surface area contributed by atoms with Crippen LogP contribution in [0.1, 0.15) is 18.5 Å². The number of nitrogens with zero attached hydrogens (tertiary/aromatic N) is 3. The van der Waals surface area contributed by atoms with Crippen LogP contribution in [0, 0.1) is 5.92 Å². The molecule has 2 aliphatic rings. The van der Waals surface area contributed by atoms with E-state index in [0.717, 1.165) is 11.4 Å². The minimum absolute atomic E-state index is 0.163. The maximum absolute atomic E-state index is 13.2. The second-order valence-electron chi connectivity index (χ2n) is 8.37. The summed E-state index contributed by atoms with van der Waals surface area (Å²) >= 11 is 0. The number of ether oxygens (including phenoxy) is 4. The number of anilines is 1. The number of nitrogens with one attached hydrogen (secondary N) is 1. The number of carbonyl (C=O) groups is 2. The molecule has 2 aliphatic heterocycles. The van der Waals surface area contributed by atoms with Crippen molar-refractivity contribution in [3.8, 4) is 17.2 Å². The monoisotopic (exact) mass is 496 g/mol. The largest absolute Gasteiger partial charge is 0.497 e. The molecule has 1 amide bonds. The smallest absolute Gasteiger partial charge is 0.321 e. The van der Waals surface area contributed by atoms with Gasteiger partial charge in [0.15, 0.2) is 5.92 Å². The topological polar surface area (TPSA) is 102 Å². The van der Waals surface area contributed by atoms with E-state index in [9.17, 15) is 9.59 Å². The van der Waals surface area contributed by atoms with Crippen molar-refractivity contribution in [1.29, 1.82) is 0 Å². The standard InChI is InChI=1S/C26H32N4O6/c1-5-36-25(32)22-23(18-11-10-17(33-2)16-21(18)35-4)27-26(28-24(22)31)30-14-12-29(13-15-30)19-8-6-7-9-20(19)34-3/h6-11,16,22-23H,5,12-15H2,1-4H3,(H,27,28,31)/t22-,23-/m1/s1. The van der Waals surface area contributed by atoms with Gasteiger partial charge in [-0.25, -0.2) is 4.99 Å². The average Bonchev–Trinajstić information content (AvgIpc) is 2.92. The van der Waals surface area contributed by atoms with Crippen molar-refractivity contribution in [2.75, 3.05) is 59.0 Å². The lowest BCUT2D eigenvalue weighted by Gasteiger charge is -2.40. The first kappa shape index (κ1) is 25.2. The Balaban J connectivity index is 1.62. The number of methoxy groups -OCH3 is 3. The quantitative estimate of drug-likeness (QED) is 0.460. The molecule has 2 aromatic rings. The van der Waals surface area contributed by atoms with Crippen LogP contribution in [0.4, 0.5) is 5.69 Å². The summed E-state index contributed by atoms with van der Waals surface area (Å²) in [6.45, 7) is 4.57. The number of carbonyl (C=O) groups excluding carboxylic acids is 2. The van der Waals surface area contributed by atoms with Gasteiger partial charge in [0.25, 0.3) is 0 Å². The van der Waals surface area contributed by atoms with E-state index in [-0.39, 0.29) is 6.61 Å². The van der Waals surface area contributed by atoms with E-state index in [1.54, 1.807) is 39.3 Å². The molecule has 0 radical (unpaired) electrons. The molecule has 0 unspecified atom stereocenters. The summed E-state index contributed by atoms with van der Waals surface area (Å²) < 4.78 is 21.6. The lowest BCUT2D eigenvalue weighted by atomic mass is 9.90. The fraction of sp³-hybridized carbons (Fsp3) is 0.423. The highest BCUT2D eigenvalue weighted by molar-refractivity contribution is 6.08. The van der Waals surface area contributed by atoms with Crippen LogP contribution >= 0.6 is 0 Å². The summed E-state index contributed by atoms with van der Waals surface area (Å²) in [6.07, 6.45) is 0. The summed E-state index contributed by atoms with van der Waals surface area (Å²) in [7, 11) is 4.75. The van der Waals surface area contributed by atoms with Crippen LogP contribution in [-0.2, 0) is 14.3 Å². The number of piperazine rings is 1. The zero-order valence-corrected chi connectivity index (χ0v) is 21.0. The highest BCUT2D eigenvalue weighted by Gasteiger charge is 2.43. The van der Waals surface area contributed by atoms with E-state index in [4.69, 9.17) is 23.9 Å². The van der Waals surface area contributed by atoms with Crippen molar-refractivity contribution in [2.45, 2.75) is 13.0 Å². The minimum atomic E-state index is -1.13. The minimum Gasteiger partial charge on any atom is -0.497 e. The third-order valence-corrected chi connectivity index (χ3v) is 6.40. The van der Waals surface area contributed by atoms with E-state index in [0.29, 0.717) is 49.2 Å². The second-order valence-corrected chi connectivity index (χ2v) is 8.37. The predicted molar refractivity (Wildman–Crippen MR) is 135 cm³/mol. The molecule has 2 aromatic carbocycles. The van der Waals surface area contributed by atoms with Crippen molar-refractivity contribution < 1.29 is 28.5 Å². The predicted octanol–water partition coefficient (Wildman–Crippen LogP) is 2.24. The Bertz CT molecular complexity index is 1130. The van der Waals surface area contributed by atoms with E-state index >= 15 is 0 Å². The number of para-hydroxylation sites is 2. The third kappa shape index (κ3) is 5.02. The van der Waals surface area contributed by atoms with Gasteiger partial charge in [0.05, 0.1) is 33.6 Å². The number of benzene rings is 2. The number of amides is 1. The molecule has 0 saturated carbocycles. The van der Waals surface area contributed by atoms with Gasteiger partial charge in [-0.05, 0) is 31.2 Å². The van der Waals surface area contributed by atoms with Gasteiger partial charge < -0.3 is 28.7 Å². The molecular formula is C26H32N4O6. The zero-order valence-electron chi connectivity index (χ0n) is 21.0. The molecule has 10 nitrogen and oxygen atoms in total. The van der Waals surface area contributed by atoms with Crippen molar-refractivity contribution >= 4 is 23.5 Å². The number of hydrogen-bond acceptors (Lipinski definition) is 9. The molecule has 0 aliphatic carbocycles. The van der Waals surface area contributed by atoms with E-state index in [1.807, 2.05) is 29.2 Å². The van der Waals surface area contributed by atoms with E-state index < -0.39 is 23.8 Å². The van der Waals surface area contributed by atoms with Crippen molar-refractivity contribution in [1.82, 2.24) is 10.2 Å². The Hall–Kier alpha value is -3.95. The Morgan fingerprint density at radius 2 is 1.67 bits per heavy atom. The first-order chi connectivity index (χ1) is 17.5. The Kier molecular flexibility index (Phi) is 7.82. The van der Waals surface area contributed by atoms with Gasteiger partial charge >= 0.3 is 5.97 Å². The summed E-state index contributed by atoms with van der Waals surface area (Å²) in [5.41, 5.74) is 1.63. The molecular weight excluding hydrogens is 464 g/mol. The number of guanidine groups is 1. The van der Waals surface area contributed by atoms with Crippen molar-refractivity contribution in [3.63, 3.8) is 0 Å². The normalized spacial score (nSPS) is 19.8. The maximum Gasteiger partial charge on any atom is 0.321 e. The Labute approximate surface area is 210 Å². The molecule has 1 fully saturated rings. The zero-order chi connectivity index (χ0) is 25.7. The van der Waals surface area contributed by atoms with Crippen LogP contribution in [0.25, 0.3) is 0 Å². The van der Waals surface area contributed by atoms with Gasteiger partial charge in [-0.3, -0.25) is 14.9 Å². The molecule has 192 valence electrons. The molecule has 0 aromatic heterocycles. The van der Waals surface area contributed by atoms with Gasteiger partial charge in [-0.15, -0.1) is 0 Å². The molecule has 0 spiro atoms. The molecule has 2 atom stereocenters. The second kappa shape index (κ2) is 11.2. The SMILES string of the molecule is CCOC(=O)[C@H]1C(=O)NC(N2CCN(c3ccccc3OC)CC2)=N[C@@H]1c1ccc(OC)cc1OC. The molecule has 36 heavy (non-hydrogen) atoms. The average molecular weight is 497 g/mol. The van der Waals surface area contributed by atoms with Gasteiger partial charge in [-0.1, -0.05) is 12.1 Å². The van der Waals surface area contributed by atoms with Gasteiger partial charge in [0, 0.05) is 37.8 Å². The fourth-order valence-corrected chi connectivity index (χ4v) is 4.56. The van der Waals surface area contributed by atoms with Crippen molar-refractivity contribution in [2.24, 2.45) is 10.9 Å².